The average Bonchev–Trinajstić information content (AvgIpc) is 3.55. The second kappa shape index (κ2) is 17.4. The number of ether oxygens (including phenoxy) is 4. The van der Waals surface area contributed by atoms with Crippen LogP contribution in [0.3, 0.4) is 0 Å². The minimum atomic E-state index is -1.41. The number of para-hydroxylation sites is 1. The topological polar surface area (TPSA) is 190 Å². The Hall–Kier alpha value is -4.56. The maximum atomic E-state index is 13.5. The Morgan fingerprint density at radius 2 is 1.76 bits per heavy atom. The van der Waals surface area contributed by atoms with Crippen molar-refractivity contribution in [2.24, 2.45) is 0 Å². The molecule has 2 aliphatic rings. The Kier molecular flexibility index (Phi) is 13.3. The zero-order valence-corrected chi connectivity index (χ0v) is 28.7. The lowest BCUT2D eigenvalue weighted by molar-refractivity contribution is -0.155. The summed E-state index contributed by atoms with van der Waals surface area (Å²) in [4.78, 5) is 52.2. The molecule has 1 heterocycles. The number of rotatable bonds is 14. The molecule has 1 fully saturated rings. The summed E-state index contributed by atoms with van der Waals surface area (Å²) in [6, 6.07) is 11.6. The molecule has 50 heavy (non-hydrogen) atoms. The van der Waals surface area contributed by atoms with Crippen LogP contribution in [0.4, 0.5) is 0 Å². The second-order valence-corrected chi connectivity index (χ2v) is 13.2. The Morgan fingerprint density at radius 3 is 2.46 bits per heavy atom. The Bertz CT molecular complexity index is 1580. The molecular formula is C37H46N2O11. The first-order valence-electron chi connectivity index (χ1n) is 16.5. The van der Waals surface area contributed by atoms with E-state index in [2.05, 4.69) is 10.6 Å². The zero-order valence-electron chi connectivity index (χ0n) is 28.7. The standard InChI is InChI=1S/C37H46N2O11/c1-22(41)32(35(45)38-26(20-40)16-17-31(43)50-37(2,3)4)39-34(44)25-18-29-33(48-21-47-29)30(19-25)49-36(46)27-14-7-5-10-23(27)12-9-13-24-11-6-8-15-28(24)42/h5-12,14-15,18,22,26,29-30,32-33,40-42H,13,16-17,19-21H2,1-4H3,(H,38,45)(H,39,44). The van der Waals surface area contributed by atoms with Gasteiger partial charge >= 0.3 is 11.9 Å². The number of benzene rings is 2. The van der Waals surface area contributed by atoms with Crippen LogP contribution in [0, 0.1) is 0 Å². The number of esters is 2. The summed E-state index contributed by atoms with van der Waals surface area (Å²) in [6.45, 7) is 5.95. The van der Waals surface area contributed by atoms with E-state index in [9.17, 15) is 34.5 Å². The summed E-state index contributed by atoms with van der Waals surface area (Å²) in [7, 11) is 0. The van der Waals surface area contributed by atoms with Crippen LogP contribution in [-0.2, 0) is 39.8 Å². The highest BCUT2D eigenvalue weighted by Crippen LogP contribution is 2.31. The number of phenolic OH excluding ortho intramolecular Hbond substituents is 1. The fourth-order valence-corrected chi connectivity index (χ4v) is 5.57. The molecule has 270 valence electrons. The van der Waals surface area contributed by atoms with Crippen LogP contribution in [-0.4, -0.2) is 94.6 Å². The van der Waals surface area contributed by atoms with E-state index in [-0.39, 0.29) is 42.9 Å². The molecule has 2 aromatic carbocycles. The number of aliphatic hydroxyl groups is 2. The monoisotopic (exact) mass is 694 g/mol. The lowest BCUT2D eigenvalue weighted by atomic mass is 9.91. The highest BCUT2D eigenvalue weighted by Gasteiger charge is 2.43. The van der Waals surface area contributed by atoms with Crippen LogP contribution in [0.5, 0.6) is 5.75 Å². The summed E-state index contributed by atoms with van der Waals surface area (Å²) in [5, 5.41) is 35.4. The first kappa shape index (κ1) is 38.2. The quantitative estimate of drug-likeness (QED) is 0.183. The van der Waals surface area contributed by atoms with Gasteiger partial charge in [0.15, 0.2) is 0 Å². The Labute approximate surface area is 291 Å². The van der Waals surface area contributed by atoms with E-state index in [0.717, 1.165) is 5.56 Å². The molecule has 2 amide bonds. The van der Waals surface area contributed by atoms with Gasteiger partial charge in [0.05, 0.1) is 24.3 Å². The van der Waals surface area contributed by atoms with Gasteiger partial charge in [-0.2, -0.15) is 0 Å². The maximum Gasteiger partial charge on any atom is 0.339 e. The Morgan fingerprint density at radius 1 is 1.04 bits per heavy atom. The van der Waals surface area contributed by atoms with Crippen molar-refractivity contribution in [2.75, 3.05) is 13.4 Å². The molecule has 6 unspecified atom stereocenters. The normalized spacial score (nSPS) is 20.6. The van der Waals surface area contributed by atoms with Crippen LogP contribution in [0.15, 0.2) is 66.3 Å². The number of amides is 2. The SMILES string of the molecule is CC(O)C(NC(=O)C1=CC2OCOC2C(OC(=O)c2ccccc2C=CCc2ccccc2O)C1)C(=O)NC(CO)CCC(=O)OC(C)(C)C. The van der Waals surface area contributed by atoms with Gasteiger partial charge in [-0.05, 0) is 69.9 Å². The van der Waals surface area contributed by atoms with Crippen LogP contribution in [0.25, 0.3) is 6.08 Å². The third-order valence-electron chi connectivity index (χ3n) is 8.09. The molecule has 0 saturated carbocycles. The van der Waals surface area contributed by atoms with Crippen LogP contribution in [0.2, 0.25) is 0 Å². The third-order valence-corrected chi connectivity index (χ3v) is 8.09. The van der Waals surface area contributed by atoms with Gasteiger partial charge in [-0.1, -0.05) is 48.6 Å². The van der Waals surface area contributed by atoms with Crippen molar-refractivity contribution in [1.82, 2.24) is 10.6 Å². The molecule has 0 aromatic heterocycles. The summed E-state index contributed by atoms with van der Waals surface area (Å²) >= 11 is 0. The smallest absolute Gasteiger partial charge is 0.339 e. The minimum Gasteiger partial charge on any atom is -0.508 e. The Balaban J connectivity index is 1.41. The van der Waals surface area contributed by atoms with Crippen molar-refractivity contribution in [2.45, 2.75) is 95.5 Å². The molecule has 0 bridgehead atoms. The molecule has 0 spiro atoms. The fraction of sp³-hybridized carbons (Fsp3) is 0.459. The molecule has 5 N–H and O–H groups in total. The number of aliphatic hydroxyl groups excluding tert-OH is 2. The minimum absolute atomic E-state index is 0.0588. The van der Waals surface area contributed by atoms with Gasteiger partial charge < -0.3 is 44.9 Å². The number of aromatic hydroxyl groups is 1. The van der Waals surface area contributed by atoms with Crippen LogP contribution < -0.4 is 10.6 Å². The first-order valence-corrected chi connectivity index (χ1v) is 16.5. The van der Waals surface area contributed by atoms with Gasteiger partial charge in [0.2, 0.25) is 11.8 Å². The number of hydrogen-bond donors (Lipinski definition) is 5. The fourth-order valence-electron chi connectivity index (χ4n) is 5.57. The van der Waals surface area contributed by atoms with E-state index in [0.29, 0.717) is 12.0 Å². The lowest BCUT2D eigenvalue weighted by Crippen LogP contribution is -2.55. The number of fused-ring (bicyclic) bond motifs is 1. The number of hydrogen-bond acceptors (Lipinski definition) is 11. The molecule has 13 nitrogen and oxygen atoms in total. The molecule has 0 radical (unpaired) electrons. The van der Waals surface area contributed by atoms with E-state index in [1.165, 1.54) is 6.92 Å². The van der Waals surface area contributed by atoms with Gasteiger partial charge in [-0.15, -0.1) is 0 Å². The van der Waals surface area contributed by atoms with E-state index < -0.39 is 72.5 Å². The predicted octanol–water partition coefficient (Wildman–Crippen LogP) is 2.71. The predicted molar refractivity (Wildman–Crippen MR) is 182 cm³/mol. The van der Waals surface area contributed by atoms with Crippen molar-refractivity contribution in [3.63, 3.8) is 0 Å². The lowest BCUT2D eigenvalue weighted by Gasteiger charge is -2.31. The zero-order chi connectivity index (χ0) is 36.4. The number of phenols is 1. The maximum absolute atomic E-state index is 13.5. The largest absolute Gasteiger partial charge is 0.508 e. The number of nitrogens with one attached hydrogen (secondary N) is 2. The van der Waals surface area contributed by atoms with Crippen molar-refractivity contribution in [3.05, 3.63) is 82.9 Å². The van der Waals surface area contributed by atoms with E-state index in [1.807, 2.05) is 12.1 Å². The van der Waals surface area contributed by atoms with E-state index >= 15 is 0 Å². The van der Waals surface area contributed by atoms with Crippen molar-refractivity contribution >= 4 is 29.8 Å². The molecule has 13 heteroatoms. The molecular weight excluding hydrogens is 648 g/mol. The third kappa shape index (κ3) is 10.7. The van der Waals surface area contributed by atoms with Crippen LogP contribution >= 0.6 is 0 Å². The van der Waals surface area contributed by atoms with Gasteiger partial charge in [-0.25, -0.2) is 4.79 Å². The summed E-state index contributed by atoms with van der Waals surface area (Å²) < 4.78 is 22.5. The van der Waals surface area contributed by atoms with Crippen molar-refractivity contribution < 1.29 is 53.4 Å². The van der Waals surface area contributed by atoms with Gasteiger partial charge in [-0.3, -0.25) is 14.4 Å². The molecule has 6 atom stereocenters. The average molecular weight is 695 g/mol. The summed E-state index contributed by atoms with van der Waals surface area (Å²) in [5.74, 6) is -2.42. The number of carbonyl (C=O) groups excluding carboxylic acids is 4. The molecule has 1 aliphatic carbocycles. The number of allylic oxidation sites excluding steroid dienone is 1. The molecule has 2 aromatic rings. The molecule has 4 rings (SSSR count). The first-order chi connectivity index (χ1) is 23.8. The van der Waals surface area contributed by atoms with Gasteiger partial charge in [0.25, 0.3) is 0 Å². The van der Waals surface area contributed by atoms with Crippen LogP contribution in [0.1, 0.15) is 68.4 Å². The van der Waals surface area contributed by atoms with Crippen molar-refractivity contribution in [1.29, 1.82) is 0 Å². The number of carbonyl (C=O) groups is 4. The molecule has 1 saturated heterocycles. The highest BCUT2D eigenvalue weighted by atomic mass is 16.7. The van der Waals surface area contributed by atoms with Crippen molar-refractivity contribution in [3.8, 4) is 5.75 Å². The second-order valence-electron chi connectivity index (χ2n) is 13.2. The van der Waals surface area contributed by atoms with E-state index in [4.69, 9.17) is 18.9 Å². The van der Waals surface area contributed by atoms with Gasteiger partial charge in [0.1, 0.15) is 42.5 Å². The highest BCUT2D eigenvalue weighted by molar-refractivity contribution is 5.98. The summed E-state index contributed by atoms with van der Waals surface area (Å²) in [6.07, 6.45) is 1.91. The van der Waals surface area contributed by atoms with E-state index in [1.54, 1.807) is 75.4 Å². The molecule has 1 aliphatic heterocycles. The van der Waals surface area contributed by atoms with Gasteiger partial charge in [0, 0.05) is 18.4 Å². The summed E-state index contributed by atoms with van der Waals surface area (Å²) in [5.41, 5.74) is 1.08.